The Hall–Kier alpha value is -2.29. The third-order valence-electron chi connectivity index (χ3n) is 2.73. The number of carbonyl (C=O) groups is 1. The van der Waals surface area contributed by atoms with Gasteiger partial charge in [0.25, 0.3) is 0 Å². The van der Waals surface area contributed by atoms with Gasteiger partial charge in [0, 0.05) is 6.42 Å². The summed E-state index contributed by atoms with van der Waals surface area (Å²) >= 11 is 0. The van der Waals surface area contributed by atoms with Gasteiger partial charge in [0.1, 0.15) is 23.9 Å². The first-order valence-corrected chi connectivity index (χ1v) is 6.75. The number of hydrogen-bond acceptors (Lipinski definition) is 3. The number of benzene rings is 2. The lowest BCUT2D eigenvalue weighted by molar-refractivity contribution is -0.121. The molecular weight excluding hydrogens is 252 g/mol. The van der Waals surface area contributed by atoms with Crippen molar-refractivity contribution < 1.29 is 14.3 Å². The molecule has 0 saturated carbocycles. The molecule has 2 aromatic rings. The molecule has 0 fully saturated rings. The fraction of sp³-hybridized carbons (Fsp3) is 0.235. The quantitative estimate of drug-likeness (QED) is 0.755. The molecule has 0 unspecified atom stereocenters. The van der Waals surface area contributed by atoms with Crippen LogP contribution in [0.3, 0.4) is 0 Å². The molecule has 0 aliphatic carbocycles. The minimum Gasteiger partial charge on any atom is -0.486 e. The highest BCUT2D eigenvalue weighted by molar-refractivity contribution is 5.79. The van der Waals surface area contributed by atoms with Gasteiger partial charge in [0.2, 0.25) is 0 Å². The van der Waals surface area contributed by atoms with Crippen molar-refractivity contribution >= 4 is 5.78 Å². The lowest BCUT2D eigenvalue weighted by Gasteiger charge is -2.08. The molecular formula is C17H18O3. The zero-order chi connectivity index (χ0) is 14.2. The van der Waals surface area contributed by atoms with E-state index >= 15 is 0 Å². The SMILES string of the molecule is CCCC(=O)COc1ccc(Oc2ccccc2)cc1. The molecule has 3 heteroatoms. The minimum absolute atomic E-state index is 0.122. The molecule has 0 aliphatic heterocycles. The predicted octanol–water partition coefficient (Wildman–Crippen LogP) is 4.23. The zero-order valence-corrected chi connectivity index (χ0v) is 11.5. The number of ether oxygens (including phenoxy) is 2. The highest BCUT2D eigenvalue weighted by atomic mass is 16.5. The average molecular weight is 270 g/mol. The highest BCUT2D eigenvalue weighted by Crippen LogP contribution is 2.23. The maximum absolute atomic E-state index is 11.4. The van der Waals surface area contributed by atoms with Crippen LogP contribution in [-0.4, -0.2) is 12.4 Å². The first-order chi connectivity index (χ1) is 9.78. The minimum atomic E-state index is 0.122. The predicted molar refractivity (Wildman–Crippen MR) is 78.4 cm³/mol. The Morgan fingerprint density at radius 3 is 2.15 bits per heavy atom. The van der Waals surface area contributed by atoms with Crippen molar-refractivity contribution in [2.75, 3.05) is 6.61 Å². The normalized spacial score (nSPS) is 10.1. The summed E-state index contributed by atoms with van der Waals surface area (Å²) in [6, 6.07) is 16.8. The van der Waals surface area contributed by atoms with E-state index in [2.05, 4.69) is 0 Å². The largest absolute Gasteiger partial charge is 0.486 e. The molecule has 20 heavy (non-hydrogen) atoms. The summed E-state index contributed by atoms with van der Waals surface area (Å²) in [5.41, 5.74) is 0. The van der Waals surface area contributed by atoms with Crippen LogP contribution >= 0.6 is 0 Å². The molecule has 0 bridgehead atoms. The average Bonchev–Trinajstić information content (AvgIpc) is 2.48. The molecule has 0 aromatic heterocycles. The third kappa shape index (κ3) is 4.43. The molecule has 3 nitrogen and oxygen atoms in total. The molecule has 2 rings (SSSR count). The summed E-state index contributed by atoms with van der Waals surface area (Å²) in [4.78, 5) is 11.4. The van der Waals surface area contributed by atoms with E-state index in [0.717, 1.165) is 17.9 Å². The second-order valence-electron chi connectivity index (χ2n) is 4.46. The Morgan fingerprint density at radius 1 is 0.900 bits per heavy atom. The van der Waals surface area contributed by atoms with Gasteiger partial charge in [-0.2, -0.15) is 0 Å². The van der Waals surface area contributed by atoms with Crippen molar-refractivity contribution in [3.05, 3.63) is 54.6 Å². The smallest absolute Gasteiger partial charge is 0.170 e. The molecule has 0 N–H and O–H groups in total. The number of carbonyl (C=O) groups excluding carboxylic acids is 1. The van der Waals surface area contributed by atoms with E-state index in [1.54, 1.807) is 12.1 Å². The van der Waals surface area contributed by atoms with E-state index in [0.29, 0.717) is 12.2 Å². The van der Waals surface area contributed by atoms with Crippen LogP contribution < -0.4 is 9.47 Å². The number of ketones is 1. The summed E-state index contributed by atoms with van der Waals surface area (Å²) in [5.74, 6) is 2.33. The first kappa shape index (κ1) is 14.1. The van der Waals surface area contributed by atoms with Crippen LogP contribution in [-0.2, 0) is 4.79 Å². The van der Waals surface area contributed by atoms with Gasteiger partial charge in [-0.1, -0.05) is 25.1 Å². The summed E-state index contributed by atoms with van der Waals surface area (Å²) in [5, 5.41) is 0. The van der Waals surface area contributed by atoms with Crippen LogP contribution in [0.4, 0.5) is 0 Å². The third-order valence-corrected chi connectivity index (χ3v) is 2.73. The maximum Gasteiger partial charge on any atom is 0.170 e. The van der Waals surface area contributed by atoms with Crippen LogP contribution in [0.1, 0.15) is 19.8 Å². The maximum atomic E-state index is 11.4. The van der Waals surface area contributed by atoms with Crippen molar-refractivity contribution in [2.45, 2.75) is 19.8 Å². The van der Waals surface area contributed by atoms with E-state index in [-0.39, 0.29) is 12.4 Å². The molecule has 0 radical (unpaired) electrons. The molecule has 0 spiro atoms. The second-order valence-corrected chi connectivity index (χ2v) is 4.46. The molecule has 0 aliphatic rings. The van der Waals surface area contributed by atoms with Gasteiger partial charge < -0.3 is 9.47 Å². The van der Waals surface area contributed by atoms with Gasteiger partial charge in [0.15, 0.2) is 5.78 Å². The van der Waals surface area contributed by atoms with Gasteiger partial charge in [-0.05, 0) is 42.8 Å². The van der Waals surface area contributed by atoms with Crippen LogP contribution in [0.25, 0.3) is 0 Å². The molecule has 2 aromatic carbocycles. The molecule has 0 saturated heterocycles. The fourth-order valence-electron chi connectivity index (χ4n) is 1.74. The Balaban J connectivity index is 1.88. The monoisotopic (exact) mass is 270 g/mol. The van der Waals surface area contributed by atoms with Crippen LogP contribution in [0.15, 0.2) is 54.6 Å². The number of rotatable bonds is 7. The molecule has 0 atom stereocenters. The summed E-state index contributed by atoms with van der Waals surface area (Å²) < 4.78 is 11.1. The van der Waals surface area contributed by atoms with Crippen LogP contribution in [0.2, 0.25) is 0 Å². The van der Waals surface area contributed by atoms with Crippen LogP contribution in [0.5, 0.6) is 17.2 Å². The first-order valence-electron chi connectivity index (χ1n) is 6.75. The van der Waals surface area contributed by atoms with E-state index < -0.39 is 0 Å². The van der Waals surface area contributed by atoms with Crippen molar-refractivity contribution in [3.8, 4) is 17.2 Å². The van der Waals surface area contributed by atoms with Crippen molar-refractivity contribution in [1.82, 2.24) is 0 Å². The molecule has 104 valence electrons. The van der Waals surface area contributed by atoms with E-state index in [4.69, 9.17) is 9.47 Å². The zero-order valence-electron chi connectivity index (χ0n) is 11.5. The van der Waals surface area contributed by atoms with Gasteiger partial charge in [-0.25, -0.2) is 0 Å². The Bertz CT molecular complexity index is 532. The highest BCUT2D eigenvalue weighted by Gasteiger charge is 2.02. The summed E-state index contributed by atoms with van der Waals surface area (Å²) in [7, 11) is 0. The fourth-order valence-corrected chi connectivity index (χ4v) is 1.74. The topological polar surface area (TPSA) is 35.5 Å². The van der Waals surface area contributed by atoms with E-state index in [1.165, 1.54) is 0 Å². The Kier molecular flexibility index (Phi) is 5.18. The van der Waals surface area contributed by atoms with Gasteiger partial charge in [0.05, 0.1) is 0 Å². The number of para-hydroxylation sites is 1. The standard InChI is InChI=1S/C17H18O3/c1-2-6-14(18)13-19-15-9-11-17(12-10-15)20-16-7-4-3-5-8-16/h3-5,7-12H,2,6,13H2,1H3. The Labute approximate surface area is 119 Å². The van der Waals surface area contributed by atoms with Crippen molar-refractivity contribution in [2.24, 2.45) is 0 Å². The van der Waals surface area contributed by atoms with E-state index in [9.17, 15) is 4.79 Å². The molecule has 0 heterocycles. The van der Waals surface area contributed by atoms with Crippen LogP contribution in [0, 0.1) is 0 Å². The van der Waals surface area contributed by atoms with Crippen molar-refractivity contribution in [3.63, 3.8) is 0 Å². The Morgan fingerprint density at radius 2 is 1.50 bits per heavy atom. The van der Waals surface area contributed by atoms with Crippen molar-refractivity contribution in [1.29, 1.82) is 0 Å². The lowest BCUT2D eigenvalue weighted by atomic mass is 10.2. The number of hydrogen-bond donors (Lipinski definition) is 0. The number of Topliss-reactive ketones (excluding diaryl/α,β-unsaturated/α-hetero) is 1. The second kappa shape index (κ2) is 7.34. The van der Waals surface area contributed by atoms with Gasteiger partial charge in [-0.15, -0.1) is 0 Å². The summed E-state index contributed by atoms with van der Waals surface area (Å²) in [6.07, 6.45) is 1.42. The van der Waals surface area contributed by atoms with Gasteiger partial charge >= 0.3 is 0 Å². The van der Waals surface area contributed by atoms with Gasteiger partial charge in [-0.3, -0.25) is 4.79 Å². The summed E-state index contributed by atoms with van der Waals surface area (Å²) in [6.45, 7) is 2.11. The lowest BCUT2D eigenvalue weighted by Crippen LogP contribution is -2.10. The van der Waals surface area contributed by atoms with E-state index in [1.807, 2.05) is 49.4 Å². The molecule has 0 amide bonds.